The van der Waals surface area contributed by atoms with Crippen LogP contribution >= 0.6 is 0 Å². The SMILES string of the molecule is Cc1ccc(C2NC(=O)C3(CCN(c4cc(-c5c(C)cc(N6CCOCC6=O)cc5C)ccn4)C(C)C3)N2)c(-c2ccccc2)c1. The number of hydrogen-bond donors (Lipinski definition) is 2. The van der Waals surface area contributed by atoms with Crippen LogP contribution in [0.1, 0.15) is 48.2 Å². The molecule has 3 fully saturated rings. The number of carbonyl (C=O) groups is 2. The molecule has 3 atom stereocenters. The number of carbonyl (C=O) groups excluding carboxylic acids is 2. The van der Waals surface area contributed by atoms with Crippen LogP contribution in [0.15, 0.2) is 79.0 Å². The lowest BCUT2D eigenvalue weighted by atomic mass is 9.83. The number of morpholine rings is 1. The van der Waals surface area contributed by atoms with Crippen molar-refractivity contribution in [3.8, 4) is 22.3 Å². The molecule has 1 spiro atoms. The van der Waals surface area contributed by atoms with E-state index >= 15 is 0 Å². The molecule has 236 valence electrons. The lowest BCUT2D eigenvalue weighted by Crippen LogP contribution is -2.58. The van der Waals surface area contributed by atoms with Gasteiger partial charge < -0.3 is 19.9 Å². The first-order chi connectivity index (χ1) is 22.2. The van der Waals surface area contributed by atoms with Crippen molar-refractivity contribution in [2.45, 2.75) is 58.3 Å². The Morgan fingerprint density at radius 1 is 0.913 bits per heavy atom. The maximum Gasteiger partial charge on any atom is 0.253 e. The third-order valence-electron chi connectivity index (χ3n) is 9.83. The van der Waals surface area contributed by atoms with Crippen molar-refractivity contribution in [1.82, 2.24) is 15.6 Å². The highest BCUT2D eigenvalue weighted by Crippen LogP contribution is 2.39. The lowest BCUT2D eigenvalue weighted by Gasteiger charge is -2.43. The summed E-state index contributed by atoms with van der Waals surface area (Å²) in [4.78, 5) is 35.1. The first-order valence-electron chi connectivity index (χ1n) is 16.2. The van der Waals surface area contributed by atoms with Gasteiger partial charge in [0, 0.05) is 31.0 Å². The Hall–Kier alpha value is -4.53. The van der Waals surface area contributed by atoms with Crippen LogP contribution in [-0.2, 0) is 14.3 Å². The molecule has 1 aromatic heterocycles. The minimum Gasteiger partial charge on any atom is -0.370 e. The molecule has 0 saturated carbocycles. The van der Waals surface area contributed by atoms with Crippen LogP contribution in [0.4, 0.5) is 11.5 Å². The largest absolute Gasteiger partial charge is 0.370 e. The Morgan fingerprint density at radius 3 is 2.43 bits per heavy atom. The third-order valence-corrected chi connectivity index (χ3v) is 9.83. The van der Waals surface area contributed by atoms with Crippen molar-refractivity contribution < 1.29 is 14.3 Å². The molecule has 7 rings (SSSR count). The van der Waals surface area contributed by atoms with Crippen molar-refractivity contribution in [3.63, 3.8) is 0 Å². The number of pyridine rings is 1. The van der Waals surface area contributed by atoms with Crippen LogP contribution in [0, 0.1) is 20.8 Å². The monoisotopic (exact) mass is 615 g/mol. The number of aryl methyl sites for hydroxylation is 3. The van der Waals surface area contributed by atoms with Gasteiger partial charge in [-0.25, -0.2) is 4.98 Å². The molecular formula is C38H41N5O3. The van der Waals surface area contributed by atoms with E-state index in [1.807, 2.05) is 17.2 Å². The summed E-state index contributed by atoms with van der Waals surface area (Å²) < 4.78 is 5.32. The number of anilines is 2. The fourth-order valence-corrected chi connectivity index (χ4v) is 7.59. The predicted octanol–water partition coefficient (Wildman–Crippen LogP) is 5.85. The Bertz CT molecular complexity index is 1780. The van der Waals surface area contributed by atoms with E-state index < -0.39 is 5.54 Å². The molecular weight excluding hydrogens is 574 g/mol. The van der Waals surface area contributed by atoms with Gasteiger partial charge in [0.15, 0.2) is 0 Å². The minimum absolute atomic E-state index is 0.00638. The normalized spacial score (nSPS) is 23.2. The van der Waals surface area contributed by atoms with Crippen LogP contribution in [-0.4, -0.2) is 54.7 Å². The number of ether oxygens (including phenoxy) is 1. The zero-order chi connectivity index (χ0) is 32.0. The molecule has 3 aromatic carbocycles. The van der Waals surface area contributed by atoms with Crippen molar-refractivity contribution in [2.24, 2.45) is 0 Å². The van der Waals surface area contributed by atoms with Crippen LogP contribution < -0.4 is 20.4 Å². The zero-order valence-corrected chi connectivity index (χ0v) is 27.0. The van der Waals surface area contributed by atoms with E-state index in [2.05, 4.69) is 110 Å². The number of amides is 2. The van der Waals surface area contributed by atoms with E-state index in [4.69, 9.17) is 9.72 Å². The molecule has 3 unspecified atom stereocenters. The average molecular weight is 616 g/mol. The number of benzene rings is 3. The van der Waals surface area contributed by atoms with Gasteiger partial charge in [0.2, 0.25) is 5.91 Å². The molecule has 0 aliphatic carbocycles. The Labute approximate surface area is 270 Å². The van der Waals surface area contributed by atoms with Gasteiger partial charge in [-0.05, 0) is 104 Å². The number of nitrogens with one attached hydrogen (secondary N) is 2. The Kier molecular flexibility index (Phi) is 7.87. The van der Waals surface area contributed by atoms with Crippen LogP contribution in [0.2, 0.25) is 0 Å². The van der Waals surface area contributed by atoms with Crippen LogP contribution in [0.3, 0.4) is 0 Å². The summed E-state index contributed by atoms with van der Waals surface area (Å²) in [5, 5.41) is 7.04. The second-order valence-electron chi connectivity index (χ2n) is 13.0. The Morgan fingerprint density at radius 2 is 1.70 bits per heavy atom. The summed E-state index contributed by atoms with van der Waals surface area (Å²) in [5.74, 6) is 0.967. The molecule has 4 aromatic rings. The first-order valence-corrected chi connectivity index (χ1v) is 16.2. The fourth-order valence-electron chi connectivity index (χ4n) is 7.59. The molecule has 2 amide bonds. The van der Waals surface area contributed by atoms with Crippen molar-refractivity contribution >= 4 is 23.3 Å². The van der Waals surface area contributed by atoms with Crippen molar-refractivity contribution in [1.29, 1.82) is 0 Å². The summed E-state index contributed by atoms with van der Waals surface area (Å²) in [7, 11) is 0. The van der Waals surface area contributed by atoms with Gasteiger partial charge in [0.05, 0.1) is 6.61 Å². The molecule has 3 aliphatic rings. The van der Waals surface area contributed by atoms with E-state index in [1.54, 1.807) is 0 Å². The number of nitrogens with zero attached hydrogens (tertiary/aromatic N) is 3. The van der Waals surface area contributed by atoms with Crippen molar-refractivity contribution in [3.05, 3.63) is 101 Å². The molecule has 46 heavy (non-hydrogen) atoms. The average Bonchev–Trinajstić information content (AvgIpc) is 3.35. The second kappa shape index (κ2) is 12.0. The molecule has 8 heteroatoms. The molecule has 0 radical (unpaired) electrons. The van der Waals surface area contributed by atoms with Crippen molar-refractivity contribution in [2.75, 3.05) is 36.1 Å². The minimum atomic E-state index is -0.642. The number of hydrogen-bond acceptors (Lipinski definition) is 6. The van der Waals surface area contributed by atoms with E-state index in [-0.39, 0.29) is 30.6 Å². The van der Waals surface area contributed by atoms with E-state index in [9.17, 15) is 9.59 Å². The maximum atomic E-state index is 13.7. The molecule has 2 N–H and O–H groups in total. The number of rotatable bonds is 5. The molecule has 3 saturated heterocycles. The smallest absolute Gasteiger partial charge is 0.253 e. The van der Waals surface area contributed by atoms with E-state index in [0.717, 1.165) is 50.4 Å². The highest BCUT2D eigenvalue weighted by atomic mass is 16.5. The van der Waals surface area contributed by atoms with Gasteiger partial charge >= 0.3 is 0 Å². The second-order valence-corrected chi connectivity index (χ2v) is 13.0. The van der Waals surface area contributed by atoms with Crippen LogP contribution in [0.5, 0.6) is 0 Å². The zero-order valence-electron chi connectivity index (χ0n) is 27.0. The fraction of sp³-hybridized carbons (Fsp3) is 0.342. The van der Waals surface area contributed by atoms with Gasteiger partial charge in [-0.15, -0.1) is 0 Å². The third kappa shape index (κ3) is 5.46. The highest BCUT2D eigenvalue weighted by molar-refractivity contribution is 5.95. The molecule has 4 heterocycles. The molecule has 3 aliphatic heterocycles. The standard InChI is InChI=1S/C38H41N5O3/c1-24-10-11-31(32(18-24)28-8-6-5-7-9-28)36-40-37(45)38(41-36)13-15-42(27(4)22-38)33-21-29(12-14-39-33)35-25(2)19-30(20-26(35)3)43-16-17-46-23-34(43)44/h5-12,14,18-21,27,36,41H,13,15-17,22-23H2,1-4H3,(H,40,45). The first kappa shape index (κ1) is 30.1. The number of piperidine rings is 1. The molecule has 8 nitrogen and oxygen atoms in total. The van der Waals surface area contributed by atoms with Gasteiger partial charge in [-0.1, -0.05) is 54.1 Å². The quantitative estimate of drug-likeness (QED) is 0.293. The Balaban J connectivity index is 1.11. The van der Waals surface area contributed by atoms with Gasteiger partial charge in [-0.2, -0.15) is 0 Å². The summed E-state index contributed by atoms with van der Waals surface area (Å²) in [6.45, 7) is 10.4. The topological polar surface area (TPSA) is 86.8 Å². The summed E-state index contributed by atoms with van der Waals surface area (Å²) >= 11 is 0. The lowest BCUT2D eigenvalue weighted by molar-refractivity contribution is -0.126. The maximum absolute atomic E-state index is 13.7. The van der Waals surface area contributed by atoms with E-state index in [1.165, 1.54) is 5.56 Å². The summed E-state index contributed by atoms with van der Waals surface area (Å²) in [6.07, 6.45) is 2.97. The molecule has 0 bridgehead atoms. The highest BCUT2D eigenvalue weighted by Gasteiger charge is 2.50. The van der Waals surface area contributed by atoms with Gasteiger partial charge in [0.25, 0.3) is 5.91 Å². The van der Waals surface area contributed by atoms with Gasteiger partial charge in [-0.3, -0.25) is 14.9 Å². The van der Waals surface area contributed by atoms with Crippen LogP contribution in [0.25, 0.3) is 22.3 Å². The number of aromatic nitrogens is 1. The summed E-state index contributed by atoms with van der Waals surface area (Å²) in [5.41, 5.74) is 9.29. The van der Waals surface area contributed by atoms with Gasteiger partial charge in [0.1, 0.15) is 24.1 Å². The summed E-state index contributed by atoms with van der Waals surface area (Å²) in [6, 6.07) is 25.3. The van der Waals surface area contributed by atoms with E-state index in [0.29, 0.717) is 32.5 Å². The predicted molar refractivity (Wildman–Crippen MR) is 182 cm³/mol.